The van der Waals surface area contributed by atoms with Gasteiger partial charge < -0.3 is 10.1 Å². The number of hydrogen-bond donors (Lipinski definition) is 1. The monoisotopic (exact) mass is 371 g/mol. The summed E-state index contributed by atoms with van der Waals surface area (Å²) in [7, 11) is 0. The van der Waals surface area contributed by atoms with Crippen molar-refractivity contribution in [2.24, 2.45) is 17.3 Å². The molecule has 0 bridgehead atoms. The van der Waals surface area contributed by atoms with Gasteiger partial charge in [0.2, 0.25) is 0 Å². The van der Waals surface area contributed by atoms with Gasteiger partial charge in [-0.1, -0.05) is 30.2 Å². The molecule has 4 heteroatoms. The largest absolute Gasteiger partial charge is 0.462 e. The number of allylic oxidation sites excluding steroid dienone is 2. The number of rotatable bonds is 5. The molecule has 1 aromatic rings. The van der Waals surface area contributed by atoms with Gasteiger partial charge in [0.15, 0.2) is 0 Å². The number of carbonyl (C=O) groups excluding carboxylic acids is 1. The van der Waals surface area contributed by atoms with E-state index in [9.17, 15) is 9.18 Å². The molecular weight excluding hydrogens is 341 g/mol. The summed E-state index contributed by atoms with van der Waals surface area (Å²) in [6.07, 6.45) is 6.61. The third-order valence-electron chi connectivity index (χ3n) is 7.05. The van der Waals surface area contributed by atoms with Crippen LogP contribution in [0.15, 0.2) is 35.4 Å². The Morgan fingerprint density at radius 1 is 1.30 bits per heavy atom. The van der Waals surface area contributed by atoms with E-state index in [-0.39, 0.29) is 29.2 Å². The number of halogens is 1. The smallest absolute Gasteiger partial charge is 0.310 e. The second kappa shape index (κ2) is 7.38. The van der Waals surface area contributed by atoms with Crippen LogP contribution in [0.1, 0.15) is 51.5 Å². The Labute approximate surface area is 161 Å². The van der Waals surface area contributed by atoms with Crippen molar-refractivity contribution in [3.8, 4) is 0 Å². The molecule has 1 unspecified atom stereocenters. The van der Waals surface area contributed by atoms with Gasteiger partial charge in [-0.05, 0) is 75.1 Å². The molecule has 0 amide bonds. The van der Waals surface area contributed by atoms with E-state index in [1.807, 2.05) is 12.1 Å². The number of fused-ring (bicyclic) bond motifs is 2. The second-order valence-electron chi connectivity index (χ2n) is 8.91. The van der Waals surface area contributed by atoms with Gasteiger partial charge >= 0.3 is 5.97 Å². The SMILES string of the molecule is CC1=C2C[C@@H]3C(CNCCc4ccc(F)cc4)C(=O)O[C@@H]3C[C@@]2(C)CCC1. The van der Waals surface area contributed by atoms with Crippen molar-refractivity contribution < 1.29 is 13.9 Å². The highest BCUT2D eigenvalue weighted by Gasteiger charge is 2.52. The summed E-state index contributed by atoms with van der Waals surface area (Å²) >= 11 is 0. The normalized spacial score (nSPS) is 32.9. The number of carbonyl (C=O) groups is 1. The molecule has 1 N–H and O–H groups in total. The number of hydrogen-bond acceptors (Lipinski definition) is 3. The fraction of sp³-hybridized carbons (Fsp3) is 0.609. The highest BCUT2D eigenvalue weighted by atomic mass is 19.1. The molecule has 0 aromatic heterocycles. The predicted octanol–water partition coefficient (Wildman–Crippen LogP) is 4.42. The van der Waals surface area contributed by atoms with Crippen LogP contribution in [0.3, 0.4) is 0 Å². The Bertz CT molecular complexity index is 741. The van der Waals surface area contributed by atoms with E-state index in [0.29, 0.717) is 12.5 Å². The lowest BCUT2D eigenvalue weighted by atomic mass is 9.59. The number of nitrogens with one attached hydrogen (secondary N) is 1. The van der Waals surface area contributed by atoms with Crippen molar-refractivity contribution in [2.45, 2.75) is 58.5 Å². The van der Waals surface area contributed by atoms with Gasteiger partial charge in [-0.2, -0.15) is 0 Å². The summed E-state index contributed by atoms with van der Waals surface area (Å²) in [6, 6.07) is 6.62. The minimum atomic E-state index is -0.205. The van der Waals surface area contributed by atoms with E-state index in [4.69, 9.17) is 4.74 Å². The van der Waals surface area contributed by atoms with Crippen molar-refractivity contribution in [1.29, 1.82) is 0 Å². The van der Waals surface area contributed by atoms with E-state index in [2.05, 4.69) is 19.2 Å². The van der Waals surface area contributed by atoms with Gasteiger partial charge in [-0.25, -0.2) is 4.39 Å². The van der Waals surface area contributed by atoms with Crippen LogP contribution >= 0.6 is 0 Å². The van der Waals surface area contributed by atoms with Crippen molar-refractivity contribution in [3.63, 3.8) is 0 Å². The molecule has 3 aliphatic rings. The Morgan fingerprint density at radius 3 is 2.85 bits per heavy atom. The van der Waals surface area contributed by atoms with Gasteiger partial charge in [0.25, 0.3) is 0 Å². The topological polar surface area (TPSA) is 38.3 Å². The molecule has 3 nitrogen and oxygen atoms in total. The Morgan fingerprint density at radius 2 is 2.07 bits per heavy atom. The second-order valence-corrected chi connectivity index (χ2v) is 8.91. The van der Waals surface area contributed by atoms with Crippen molar-refractivity contribution >= 4 is 5.97 Å². The van der Waals surface area contributed by atoms with E-state index in [1.54, 1.807) is 11.1 Å². The first-order valence-corrected chi connectivity index (χ1v) is 10.3. The van der Waals surface area contributed by atoms with Crippen LogP contribution in [0, 0.1) is 23.1 Å². The van der Waals surface area contributed by atoms with Crippen molar-refractivity contribution in [3.05, 3.63) is 46.8 Å². The molecule has 27 heavy (non-hydrogen) atoms. The van der Waals surface area contributed by atoms with Crippen LogP contribution in [0.25, 0.3) is 0 Å². The molecule has 1 saturated carbocycles. The lowest BCUT2D eigenvalue weighted by molar-refractivity contribution is -0.145. The maximum Gasteiger partial charge on any atom is 0.310 e. The van der Waals surface area contributed by atoms with Gasteiger partial charge in [-0.3, -0.25) is 4.79 Å². The fourth-order valence-corrected chi connectivity index (χ4v) is 5.49. The molecule has 1 heterocycles. The molecule has 4 rings (SSSR count). The molecule has 0 radical (unpaired) electrons. The molecule has 0 spiro atoms. The summed E-state index contributed by atoms with van der Waals surface area (Å²) in [5.41, 5.74) is 4.48. The average Bonchev–Trinajstić information content (AvgIpc) is 2.92. The summed E-state index contributed by atoms with van der Waals surface area (Å²) in [6.45, 7) is 6.10. The van der Waals surface area contributed by atoms with Gasteiger partial charge in [-0.15, -0.1) is 0 Å². The Balaban J connectivity index is 1.36. The highest BCUT2D eigenvalue weighted by Crippen LogP contribution is 2.54. The zero-order valence-corrected chi connectivity index (χ0v) is 16.4. The molecule has 4 atom stereocenters. The lowest BCUT2D eigenvalue weighted by Crippen LogP contribution is -2.40. The van der Waals surface area contributed by atoms with Crippen molar-refractivity contribution in [1.82, 2.24) is 5.32 Å². The van der Waals surface area contributed by atoms with E-state index >= 15 is 0 Å². The Hall–Kier alpha value is -1.68. The van der Waals surface area contributed by atoms with Crippen LogP contribution in [-0.2, 0) is 16.0 Å². The molecule has 1 aliphatic heterocycles. The number of esters is 1. The third-order valence-corrected chi connectivity index (χ3v) is 7.05. The van der Waals surface area contributed by atoms with Gasteiger partial charge in [0.1, 0.15) is 11.9 Å². The summed E-state index contributed by atoms with van der Waals surface area (Å²) < 4.78 is 18.8. The van der Waals surface area contributed by atoms with E-state index < -0.39 is 0 Å². The third kappa shape index (κ3) is 3.69. The van der Waals surface area contributed by atoms with Gasteiger partial charge in [0, 0.05) is 12.5 Å². The molecule has 1 aromatic carbocycles. The zero-order valence-electron chi connectivity index (χ0n) is 16.4. The molecular formula is C23H30FNO2. The summed E-state index contributed by atoms with van der Waals surface area (Å²) in [5, 5.41) is 3.44. The van der Waals surface area contributed by atoms with Crippen LogP contribution in [0.4, 0.5) is 4.39 Å². The van der Waals surface area contributed by atoms with Crippen LogP contribution in [-0.4, -0.2) is 25.2 Å². The van der Waals surface area contributed by atoms with E-state index in [1.165, 1.54) is 31.4 Å². The van der Waals surface area contributed by atoms with Crippen LogP contribution in [0.5, 0.6) is 0 Å². The first kappa shape index (κ1) is 18.7. The average molecular weight is 371 g/mol. The molecule has 1 saturated heterocycles. The molecule has 2 aliphatic carbocycles. The maximum atomic E-state index is 13.0. The van der Waals surface area contributed by atoms with Crippen molar-refractivity contribution in [2.75, 3.05) is 13.1 Å². The number of ether oxygens (including phenoxy) is 1. The quantitative estimate of drug-likeness (QED) is 0.473. The van der Waals surface area contributed by atoms with E-state index in [0.717, 1.165) is 31.4 Å². The fourth-order valence-electron chi connectivity index (χ4n) is 5.49. The summed E-state index contributed by atoms with van der Waals surface area (Å²) in [4.78, 5) is 12.5. The first-order valence-electron chi connectivity index (χ1n) is 10.3. The van der Waals surface area contributed by atoms with Crippen LogP contribution in [0.2, 0.25) is 0 Å². The standard InChI is InChI=1S/C23H30FNO2/c1-15-4-3-10-23(2)13-21-18(12-20(15)23)19(22(26)27-21)14-25-11-9-16-5-7-17(24)8-6-16/h5-8,18-19,21,25H,3-4,9-14H2,1-2H3/t18-,19?,21-,23-/m1/s1. The number of benzene rings is 1. The molecule has 2 fully saturated rings. The Kier molecular flexibility index (Phi) is 5.11. The minimum Gasteiger partial charge on any atom is -0.462 e. The molecule has 146 valence electrons. The van der Waals surface area contributed by atoms with Crippen LogP contribution < -0.4 is 5.32 Å². The predicted molar refractivity (Wildman–Crippen MR) is 104 cm³/mol. The van der Waals surface area contributed by atoms with Gasteiger partial charge in [0.05, 0.1) is 5.92 Å². The highest BCUT2D eigenvalue weighted by molar-refractivity contribution is 5.76. The minimum absolute atomic E-state index is 0.0280. The summed E-state index contributed by atoms with van der Waals surface area (Å²) in [5.74, 6) is 0.0322. The maximum absolute atomic E-state index is 13.0. The lowest BCUT2D eigenvalue weighted by Gasteiger charge is -2.45. The first-order chi connectivity index (χ1) is 13.0. The zero-order chi connectivity index (χ0) is 19.0.